The van der Waals surface area contributed by atoms with Gasteiger partial charge in [0, 0.05) is 12.2 Å². The van der Waals surface area contributed by atoms with Gasteiger partial charge in [-0.2, -0.15) is 0 Å². The van der Waals surface area contributed by atoms with Crippen LogP contribution in [0.2, 0.25) is 0 Å². The van der Waals surface area contributed by atoms with Gasteiger partial charge in [-0.1, -0.05) is 12.1 Å². The smallest absolute Gasteiger partial charge is 0.322 e. The predicted octanol–water partition coefficient (Wildman–Crippen LogP) is -0.963. The third-order valence-corrected chi connectivity index (χ3v) is 5.31. The van der Waals surface area contributed by atoms with Crippen molar-refractivity contribution in [3.8, 4) is 5.75 Å². The minimum atomic E-state index is -1.26. The van der Waals surface area contributed by atoms with Crippen molar-refractivity contribution in [2.45, 2.75) is 30.2 Å². The van der Waals surface area contributed by atoms with E-state index in [0.717, 1.165) is 11.8 Å². The van der Waals surface area contributed by atoms with E-state index in [9.17, 15) is 29.4 Å². The van der Waals surface area contributed by atoms with Crippen molar-refractivity contribution in [1.29, 1.82) is 0 Å². The zero-order valence-electron chi connectivity index (χ0n) is 16.0. The van der Waals surface area contributed by atoms with E-state index in [1.54, 1.807) is 12.1 Å². The highest BCUT2D eigenvalue weighted by molar-refractivity contribution is 7.99. The molecular weight excluding hydrogens is 418 g/mol. The fraction of sp³-hybridized carbons (Fsp3) is 0.444. The van der Waals surface area contributed by atoms with Gasteiger partial charge in [-0.25, -0.2) is 0 Å². The monoisotopic (exact) mass is 443 g/mol. The normalized spacial score (nSPS) is 13.7. The Bertz CT molecular complexity index is 743. The van der Waals surface area contributed by atoms with Crippen LogP contribution in [0.1, 0.15) is 23.7 Å². The van der Waals surface area contributed by atoms with Crippen LogP contribution in [0.3, 0.4) is 0 Å². The Morgan fingerprint density at radius 1 is 1.10 bits per heavy atom. The molecule has 2 amide bonds. The van der Waals surface area contributed by atoms with E-state index in [0.29, 0.717) is 5.56 Å². The molecular formula is C18H25N3O8S. The lowest BCUT2D eigenvalue weighted by Gasteiger charge is -2.21. The molecule has 30 heavy (non-hydrogen) atoms. The number of thioether (sulfide) groups is 1. The van der Waals surface area contributed by atoms with Crippen LogP contribution in [-0.2, 0) is 19.2 Å². The van der Waals surface area contributed by atoms with Gasteiger partial charge < -0.3 is 36.8 Å². The minimum absolute atomic E-state index is 0.00821. The van der Waals surface area contributed by atoms with E-state index >= 15 is 0 Å². The van der Waals surface area contributed by atoms with E-state index in [-0.39, 0.29) is 31.0 Å². The molecule has 3 atom stereocenters. The molecule has 0 bridgehead atoms. The van der Waals surface area contributed by atoms with Crippen LogP contribution in [0, 0.1) is 0 Å². The number of nitrogens with one attached hydrogen (secondary N) is 2. The summed E-state index contributed by atoms with van der Waals surface area (Å²) in [4.78, 5) is 45.8. The molecule has 12 heteroatoms. The molecule has 0 aliphatic carbocycles. The van der Waals surface area contributed by atoms with Crippen molar-refractivity contribution in [3.05, 3.63) is 29.8 Å². The Morgan fingerprint density at radius 2 is 1.73 bits per heavy atom. The number of phenols is 1. The maximum atomic E-state index is 12.3. The molecule has 1 aromatic rings. The third-order valence-electron chi connectivity index (χ3n) is 3.96. The van der Waals surface area contributed by atoms with Gasteiger partial charge in [0.1, 0.15) is 24.4 Å². The molecule has 0 aliphatic rings. The summed E-state index contributed by atoms with van der Waals surface area (Å²) in [5.74, 6) is -3.80. The van der Waals surface area contributed by atoms with Gasteiger partial charge >= 0.3 is 11.9 Å². The number of carboxylic acid groups (broad SMARTS) is 2. The second-order valence-electron chi connectivity index (χ2n) is 6.31. The van der Waals surface area contributed by atoms with E-state index in [4.69, 9.17) is 15.9 Å². The Morgan fingerprint density at radius 3 is 2.27 bits per heavy atom. The molecule has 0 heterocycles. The van der Waals surface area contributed by atoms with Crippen molar-refractivity contribution >= 4 is 35.5 Å². The average Bonchev–Trinajstić information content (AvgIpc) is 2.70. The van der Waals surface area contributed by atoms with Gasteiger partial charge in [0.15, 0.2) is 0 Å². The second kappa shape index (κ2) is 12.7. The number of hydrogen-bond donors (Lipinski definition) is 7. The highest BCUT2D eigenvalue weighted by atomic mass is 32.2. The molecule has 0 saturated carbocycles. The van der Waals surface area contributed by atoms with E-state index in [1.807, 2.05) is 0 Å². The molecule has 1 rings (SSSR count). The first-order valence-electron chi connectivity index (χ1n) is 8.92. The number of carboxylic acids is 2. The average molecular weight is 443 g/mol. The molecule has 3 unspecified atom stereocenters. The number of carbonyl (C=O) groups excluding carboxylic acids is 2. The van der Waals surface area contributed by atoms with Crippen molar-refractivity contribution in [2.24, 2.45) is 5.73 Å². The molecule has 8 N–H and O–H groups in total. The lowest BCUT2D eigenvalue weighted by atomic mass is 10.1. The fourth-order valence-electron chi connectivity index (χ4n) is 2.30. The van der Waals surface area contributed by atoms with E-state index < -0.39 is 47.6 Å². The van der Waals surface area contributed by atoms with Gasteiger partial charge in [0.25, 0.3) is 0 Å². The lowest BCUT2D eigenvalue weighted by Crippen LogP contribution is -2.49. The number of nitrogens with two attached hydrogens (primary N) is 1. The minimum Gasteiger partial charge on any atom is -0.508 e. The molecule has 166 valence electrons. The topological polar surface area (TPSA) is 199 Å². The third kappa shape index (κ3) is 9.11. The molecule has 0 aliphatic heterocycles. The summed E-state index contributed by atoms with van der Waals surface area (Å²) < 4.78 is 0. The number of phenolic OH excluding ortho intramolecular Hbond substituents is 1. The molecule has 0 saturated heterocycles. The highest BCUT2D eigenvalue weighted by Gasteiger charge is 2.24. The highest BCUT2D eigenvalue weighted by Crippen LogP contribution is 2.29. The number of hydrogen-bond acceptors (Lipinski definition) is 8. The Labute approximate surface area is 176 Å². The second-order valence-corrected chi connectivity index (χ2v) is 7.55. The molecule has 0 aromatic heterocycles. The Hall–Kier alpha value is -2.83. The number of carbonyl (C=O) groups is 4. The molecule has 0 spiro atoms. The summed E-state index contributed by atoms with van der Waals surface area (Å²) >= 11 is 1.15. The summed E-state index contributed by atoms with van der Waals surface area (Å²) in [6.07, 6.45) is -0.368. The van der Waals surface area contributed by atoms with Crippen molar-refractivity contribution in [1.82, 2.24) is 10.6 Å². The van der Waals surface area contributed by atoms with E-state index in [2.05, 4.69) is 10.6 Å². The van der Waals surface area contributed by atoms with Crippen molar-refractivity contribution < 1.29 is 39.6 Å². The summed E-state index contributed by atoms with van der Waals surface area (Å²) in [5.41, 5.74) is 6.04. The van der Waals surface area contributed by atoms with Crippen LogP contribution in [-0.4, -0.2) is 75.2 Å². The number of benzene rings is 1. The van der Waals surface area contributed by atoms with Crippen LogP contribution < -0.4 is 16.4 Å². The zero-order valence-corrected chi connectivity index (χ0v) is 16.8. The summed E-state index contributed by atoms with van der Waals surface area (Å²) in [6, 6.07) is 3.77. The van der Waals surface area contributed by atoms with Crippen LogP contribution in [0.15, 0.2) is 24.3 Å². The summed E-state index contributed by atoms with van der Waals surface area (Å²) in [7, 11) is 0. The number of rotatable bonds is 13. The van der Waals surface area contributed by atoms with Crippen LogP contribution in [0.25, 0.3) is 0 Å². The maximum Gasteiger partial charge on any atom is 0.322 e. The molecule has 11 nitrogen and oxygen atoms in total. The zero-order chi connectivity index (χ0) is 22.7. The SMILES string of the molecule is NC(CCC(=O)NC(CSC(CO)c1ccc(O)cc1)C(=O)NCC(=O)O)C(=O)O. The van der Waals surface area contributed by atoms with E-state index in [1.165, 1.54) is 12.1 Å². The lowest BCUT2D eigenvalue weighted by molar-refractivity contribution is -0.139. The number of amides is 2. The van der Waals surface area contributed by atoms with Gasteiger partial charge in [0.2, 0.25) is 11.8 Å². The largest absolute Gasteiger partial charge is 0.508 e. The van der Waals surface area contributed by atoms with Gasteiger partial charge in [0.05, 0.1) is 11.9 Å². The number of aliphatic hydroxyl groups excluding tert-OH is 1. The van der Waals surface area contributed by atoms with Crippen molar-refractivity contribution in [2.75, 3.05) is 18.9 Å². The van der Waals surface area contributed by atoms with Gasteiger partial charge in [-0.3, -0.25) is 19.2 Å². The Kier molecular flexibility index (Phi) is 10.6. The van der Waals surface area contributed by atoms with Crippen molar-refractivity contribution in [3.63, 3.8) is 0 Å². The predicted molar refractivity (Wildman–Crippen MR) is 108 cm³/mol. The summed E-state index contributed by atoms with van der Waals surface area (Å²) in [6.45, 7) is -0.915. The summed E-state index contributed by atoms with van der Waals surface area (Å²) in [5, 5.41) is 40.6. The first-order chi connectivity index (χ1) is 14.1. The molecule has 0 radical (unpaired) electrons. The Balaban J connectivity index is 2.77. The fourth-order valence-corrected chi connectivity index (χ4v) is 3.42. The number of aliphatic carboxylic acids is 2. The number of aliphatic hydroxyl groups is 1. The first-order valence-corrected chi connectivity index (χ1v) is 9.97. The number of aromatic hydroxyl groups is 1. The molecule has 0 fully saturated rings. The molecule has 1 aromatic carbocycles. The quantitative estimate of drug-likeness (QED) is 0.199. The van der Waals surface area contributed by atoms with Gasteiger partial charge in [-0.05, 0) is 24.1 Å². The van der Waals surface area contributed by atoms with Crippen LogP contribution in [0.5, 0.6) is 5.75 Å². The van der Waals surface area contributed by atoms with Gasteiger partial charge in [-0.15, -0.1) is 11.8 Å². The first kappa shape index (κ1) is 25.2. The standard InChI is InChI=1S/C18H25N3O8S/c19-12(18(28)29)5-6-15(24)21-13(17(27)20-7-16(25)26)9-30-14(8-22)10-1-3-11(23)4-2-10/h1-4,12-14,22-23H,5-9,19H2,(H,20,27)(H,21,24)(H,25,26)(H,28,29). The maximum absolute atomic E-state index is 12.3. The van der Waals surface area contributed by atoms with Crippen LogP contribution >= 0.6 is 11.8 Å². The van der Waals surface area contributed by atoms with Crippen LogP contribution in [0.4, 0.5) is 0 Å².